The first kappa shape index (κ1) is 19.9. The van der Waals surface area contributed by atoms with E-state index >= 15 is 0 Å². The van der Waals surface area contributed by atoms with E-state index in [1.54, 1.807) is 7.11 Å². The minimum Gasteiger partial charge on any atom is -0.481 e. The molecule has 1 amide bonds. The highest BCUT2D eigenvalue weighted by molar-refractivity contribution is 6.12. The van der Waals surface area contributed by atoms with Gasteiger partial charge in [0.1, 0.15) is 18.7 Å². The molecule has 0 unspecified atom stereocenters. The van der Waals surface area contributed by atoms with E-state index in [2.05, 4.69) is 45.4 Å². The van der Waals surface area contributed by atoms with E-state index in [4.69, 9.17) is 4.74 Å². The van der Waals surface area contributed by atoms with Crippen LogP contribution in [0.1, 0.15) is 47.6 Å². The molecule has 4 aliphatic rings. The Morgan fingerprint density at radius 2 is 2.03 bits per heavy atom. The van der Waals surface area contributed by atoms with Crippen molar-refractivity contribution in [3.63, 3.8) is 0 Å². The molecule has 0 N–H and O–H groups in total. The van der Waals surface area contributed by atoms with Crippen LogP contribution in [-0.4, -0.2) is 52.6 Å². The third kappa shape index (κ3) is 3.63. The molecule has 3 aliphatic heterocycles. The van der Waals surface area contributed by atoms with Crippen LogP contribution >= 0.6 is 0 Å². The summed E-state index contributed by atoms with van der Waals surface area (Å²) in [5.74, 6) is 1.98. The number of ether oxygens (including phenoxy) is 1. The quantitative estimate of drug-likeness (QED) is 0.731. The van der Waals surface area contributed by atoms with Crippen LogP contribution < -0.4 is 0 Å². The van der Waals surface area contributed by atoms with Gasteiger partial charge in [-0.3, -0.25) is 14.4 Å². The van der Waals surface area contributed by atoms with E-state index in [-0.39, 0.29) is 12.5 Å². The highest BCUT2D eigenvalue weighted by Crippen LogP contribution is 2.39. The molecule has 0 radical (unpaired) electrons. The number of carbonyl (C=O) groups excluding carboxylic acids is 1. The number of nitrogens with zero attached hydrogens (tertiary/aromatic N) is 5. The zero-order chi connectivity index (χ0) is 22.4. The molecule has 1 fully saturated rings. The van der Waals surface area contributed by atoms with Gasteiger partial charge in [-0.15, -0.1) is 0 Å². The number of fused-ring (bicyclic) bond motifs is 3. The van der Waals surface area contributed by atoms with Crippen LogP contribution in [0.2, 0.25) is 0 Å². The van der Waals surface area contributed by atoms with Gasteiger partial charge in [-0.1, -0.05) is 24.3 Å². The van der Waals surface area contributed by atoms with Crippen LogP contribution in [0.25, 0.3) is 11.3 Å². The molecule has 4 heterocycles. The van der Waals surface area contributed by atoms with E-state index in [0.717, 1.165) is 46.8 Å². The third-order valence-corrected chi connectivity index (χ3v) is 6.62. The lowest BCUT2D eigenvalue weighted by atomic mass is 9.88. The largest absolute Gasteiger partial charge is 0.481 e. The number of hydrogen-bond acceptors (Lipinski definition) is 5. The standard InChI is InChI=1S/C26H25N5O2/c1-33-25-7-2-4-18(13-28-25)19-5-3-6-21-20(19)10-11-31-23(21)12-24(27-14-26(31)32)30-15-22(29-16-30)17-8-9-17/h3-7,12-13,15-17H,2,8-11,14H2,1H3. The summed E-state index contributed by atoms with van der Waals surface area (Å²) in [6.07, 6.45) is 15.9. The highest BCUT2D eigenvalue weighted by atomic mass is 16.5. The summed E-state index contributed by atoms with van der Waals surface area (Å²) in [7, 11) is 1.63. The van der Waals surface area contributed by atoms with E-state index in [1.807, 2.05) is 34.2 Å². The normalized spacial score (nSPS) is 20.0. The Hall–Kier alpha value is -3.74. The Labute approximate surface area is 192 Å². The fourth-order valence-corrected chi connectivity index (χ4v) is 4.72. The number of hydrogen-bond donors (Lipinski definition) is 0. The SMILES string of the molecule is COC1=CCC=C(c2cccc3c2CCN2C(=O)CN=C(n4cnc(C5CC5)c4)C=C32)C=N1. The first-order valence-corrected chi connectivity index (χ1v) is 11.4. The zero-order valence-corrected chi connectivity index (χ0v) is 18.6. The van der Waals surface area contributed by atoms with Crippen molar-refractivity contribution in [1.82, 2.24) is 14.5 Å². The Bertz CT molecular complexity index is 1290. The number of allylic oxidation sites excluding steroid dienone is 4. The Balaban J connectivity index is 1.41. The smallest absolute Gasteiger partial charge is 0.248 e. The maximum atomic E-state index is 13.0. The molecule has 1 aromatic carbocycles. The molecular weight excluding hydrogens is 414 g/mol. The van der Waals surface area contributed by atoms with Crippen LogP contribution in [0.5, 0.6) is 0 Å². The number of amides is 1. The van der Waals surface area contributed by atoms with Crippen LogP contribution in [0.15, 0.2) is 64.8 Å². The van der Waals surface area contributed by atoms with Crippen LogP contribution in [0.3, 0.4) is 0 Å². The fraction of sp³-hybridized carbons (Fsp3) is 0.308. The van der Waals surface area contributed by atoms with Gasteiger partial charge in [0, 0.05) is 36.5 Å². The minimum atomic E-state index is 0.0269. The Kier molecular flexibility index (Phi) is 4.82. The average Bonchev–Trinajstić information content (AvgIpc) is 3.64. The average molecular weight is 440 g/mol. The number of imidazole rings is 1. The molecule has 7 heteroatoms. The number of benzene rings is 1. The molecule has 6 rings (SSSR count). The van der Waals surface area contributed by atoms with E-state index in [0.29, 0.717) is 18.3 Å². The number of rotatable bonds is 3. The van der Waals surface area contributed by atoms with Crippen LogP contribution in [0.4, 0.5) is 0 Å². The predicted octanol–water partition coefficient (Wildman–Crippen LogP) is 3.79. The summed E-state index contributed by atoms with van der Waals surface area (Å²) in [6.45, 7) is 0.783. The van der Waals surface area contributed by atoms with Gasteiger partial charge in [-0.05, 0) is 48.5 Å². The van der Waals surface area contributed by atoms with E-state index in [1.165, 1.54) is 18.4 Å². The first-order chi connectivity index (χ1) is 16.2. The molecule has 0 saturated heterocycles. The number of aliphatic imine (C=N–C) groups is 2. The molecular formula is C26H25N5O2. The van der Waals surface area contributed by atoms with Crippen molar-refractivity contribution < 1.29 is 9.53 Å². The summed E-state index contributed by atoms with van der Waals surface area (Å²) in [5.41, 5.74) is 6.54. The summed E-state index contributed by atoms with van der Waals surface area (Å²) in [6, 6.07) is 6.29. The topological polar surface area (TPSA) is 72.1 Å². The number of carbonyl (C=O) groups is 1. The predicted molar refractivity (Wildman–Crippen MR) is 128 cm³/mol. The molecule has 1 aromatic heterocycles. The molecule has 1 aliphatic carbocycles. The second kappa shape index (κ2) is 7.99. The Morgan fingerprint density at radius 1 is 1.15 bits per heavy atom. The fourth-order valence-electron chi connectivity index (χ4n) is 4.72. The second-order valence-electron chi connectivity index (χ2n) is 8.71. The van der Waals surface area contributed by atoms with Gasteiger partial charge in [0.25, 0.3) is 0 Å². The van der Waals surface area contributed by atoms with E-state index in [9.17, 15) is 4.79 Å². The second-order valence-corrected chi connectivity index (χ2v) is 8.71. The van der Waals surface area contributed by atoms with Crippen LogP contribution in [0, 0.1) is 0 Å². The van der Waals surface area contributed by atoms with Crippen molar-refractivity contribution in [2.75, 3.05) is 20.2 Å². The molecule has 33 heavy (non-hydrogen) atoms. The molecule has 7 nitrogen and oxygen atoms in total. The highest BCUT2D eigenvalue weighted by Gasteiger charge is 2.30. The lowest BCUT2D eigenvalue weighted by Gasteiger charge is -2.32. The summed E-state index contributed by atoms with van der Waals surface area (Å²) in [4.78, 5) is 28.5. The molecule has 0 spiro atoms. The summed E-state index contributed by atoms with van der Waals surface area (Å²) < 4.78 is 7.25. The molecule has 2 aromatic rings. The van der Waals surface area contributed by atoms with Gasteiger partial charge >= 0.3 is 0 Å². The lowest BCUT2D eigenvalue weighted by molar-refractivity contribution is -0.126. The molecule has 0 atom stereocenters. The van der Waals surface area contributed by atoms with Gasteiger partial charge in [0.15, 0.2) is 0 Å². The van der Waals surface area contributed by atoms with Crippen molar-refractivity contribution >= 4 is 29.2 Å². The van der Waals surface area contributed by atoms with Crippen molar-refractivity contribution in [1.29, 1.82) is 0 Å². The monoisotopic (exact) mass is 439 g/mol. The zero-order valence-electron chi connectivity index (χ0n) is 18.6. The lowest BCUT2D eigenvalue weighted by Crippen LogP contribution is -2.36. The van der Waals surface area contributed by atoms with Gasteiger partial charge in [0.05, 0.1) is 18.5 Å². The van der Waals surface area contributed by atoms with Crippen molar-refractivity contribution in [2.24, 2.45) is 9.98 Å². The molecule has 0 bridgehead atoms. The maximum absolute atomic E-state index is 13.0. The van der Waals surface area contributed by atoms with Crippen molar-refractivity contribution in [3.8, 4) is 0 Å². The molecule has 1 saturated carbocycles. The van der Waals surface area contributed by atoms with Gasteiger partial charge < -0.3 is 9.64 Å². The van der Waals surface area contributed by atoms with Gasteiger partial charge in [0.2, 0.25) is 11.8 Å². The van der Waals surface area contributed by atoms with Gasteiger partial charge in [-0.2, -0.15) is 0 Å². The summed E-state index contributed by atoms with van der Waals surface area (Å²) in [5, 5.41) is 0. The maximum Gasteiger partial charge on any atom is 0.248 e. The van der Waals surface area contributed by atoms with E-state index < -0.39 is 0 Å². The van der Waals surface area contributed by atoms with Crippen molar-refractivity contribution in [2.45, 2.75) is 31.6 Å². The van der Waals surface area contributed by atoms with Gasteiger partial charge in [-0.25, -0.2) is 9.98 Å². The number of aromatic nitrogens is 2. The van der Waals surface area contributed by atoms with Crippen LogP contribution in [-0.2, 0) is 16.0 Å². The minimum absolute atomic E-state index is 0.0269. The number of methoxy groups -OCH3 is 1. The first-order valence-electron chi connectivity index (χ1n) is 11.4. The van der Waals surface area contributed by atoms with Crippen molar-refractivity contribution in [3.05, 3.63) is 77.2 Å². The molecule has 166 valence electrons. The summed E-state index contributed by atoms with van der Waals surface area (Å²) >= 11 is 0. The Morgan fingerprint density at radius 3 is 2.88 bits per heavy atom. The third-order valence-electron chi connectivity index (χ3n) is 6.62.